The van der Waals surface area contributed by atoms with Crippen molar-refractivity contribution in [1.29, 1.82) is 0 Å². The second kappa shape index (κ2) is 16.0. The third kappa shape index (κ3) is 6.80. The van der Waals surface area contributed by atoms with Crippen molar-refractivity contribution in [2.45, 2.75) is 0 Å². The summed E-state index contributed by atoms with van der Waals surface area (Å²) in [7, 11) is 0. The Labute approximate surface area is 361 Å². The second-order valence-electron chi connectivity index (χ2n) is 15.4. The van der Waals surface area contributed by atoms with Crippen LogP contribution >= 0.6 is 0 Å². The van der Waals surface area contributed by atoms with Crippen LogP contribution in [-0.4, -0.2) is 14.5 Å². The highest BCUT2D eigenvalue weighted by atomic mass is 15.1. The number of para-hydroxylation sites is 2. The van der Waals surface area contributed by atoms with Crippen LogP contribution in [0.2, 0.25) is 0 Å². The number of fused-ring (bicyclic) bond motifs is 3. The van der Waals surface area contributed by atoms with Gasteiger partial charge in [-0.2, -0.15) is 0 Å². The Morgan fingerprint density at radius 2 is 0.677 bits per heavy atom. The molecule has 4 heteroatoms. The van der Waals surface area contributed by atoms with Crippen LogP contribution in [0.15, 0.2) is 243 Å². The maximum absolute atomic E-state index is 5.69. The smallest absolute Gasteiger partial charge is 0.165 e. The average Bonchev–Trinajstić information content (AvgIpc) is 3.68. The van der Waals surface area contributed by atoms with Gasteiger partial charge in [0.15, 0.2) is 5.82 Å². The topological polar surface area (TPSA) is 34.0 Å². The molecule has 0 unspecified atom stereocenters. The Bertz CT molecular complexity index is 3260. The summed E-state index contributed by atoms with van der Waals surface area (Å²) in [6.07, 6.45) is 0. The van der Waals surface area contributed by atoms with Crippen LogP contribution in [0, 0.1) is 0 Å². The molecule has 0 radical (unpaired) electrons. The van der Waals surface area contributed by atoms with E-state index >= 15 is 0 Å². The first-order chi connectivity index (χ1) is 30.8. The van der Waals surface area contributed by atoms with Gasteiger partial charge in [-0.1, -0.05) is 188 Å². The van der Waals surface area contributed by atoms with Gasteiger partial charge in [0.05, 0.1) is 22.4 Å². The molecular formula is C58H40N4. The van der Waals surface area contributed by atoms with E-state index in [1.54, 1.807) is 0 Å². The van der Waals surface area contributed by atoms with Crippen LogP contribution < -0.4 is 4.90 Å². The van der Waals surface area contributed by atoms with Crippen LogP contribution in [-0.2, 0) is 0 Å². The first-order valence-electron chi connectivity index (χ1n) is 21.0. The highest BCUT2D eigenvalue weighted by molar-refractivity contribution is 6.12. The van der Waals surface area contributed by atoms with Crippen molar-refractivity contribution < 1.29 is 0 Å². The zero-order chi connectivity index (χ0) is 41.2. The van der Waals surface area contributed by atoms with Gasteiger partial charge >= 0.3 is 0 Å². The summed E-state index contributed by atoms with van der Waals surface area (Å²) < 4.78 is 2.33. The van der Waals surface area contributed by atoms with Crippen molar-refractivity contribution >= 4 is 38.9 Å². The number of hydrogen-bond acceptors (Lipinski definition) is 3. The molecule has 0 spiro atoms. The van der Waals surface area contributed by atoms with Crippen LogP contribution in [0.3, 0.4) is 0 Å². The number of anilines is 3. The maximum Gasteiger partial charge on any atom is 0.165 e. The monoisotopic (exact) mass is 792 g/mol. The lowest BCUT2D eigenvalue weighted by molar-refractivity contribution is 1.05. The number of nitrogens with zero attached hydrogens (tertiary/aromatic N) is 4. The number of hydrogen-bond donors (Lipinski definition) is 0. The van der Waals surface area contributed by atoms with Crippen LogP contribution in [0.4, 0.5) is 17.1 Å². The largest absolute Gasteiger partial charge is 0.311 e. The summed E-state index contributed by atoms with van der Waals surface area (Å²) >= 11 is 0. The SMILES string of the molecule is c1ccc(-c2ccc3c4cc(-c5ccc(N(c6ccccc6)c6ccccc6)cc5)ccc4n(-c4nc(-c5ccccc5)c(-c5ccccc5)nc4-c4ccccc4)c3c2)cc1. The second-order valence-corrected chi connectivity index (χ2v) is 15.4. The van der Waals surface area contributed by atoms with E-state index in [4.69, 9.17) is 9.97 Å². The molecule has 9 aromatic carbocycles. The van der Waals surface area contributed by atoms with Gasteiger partial charge in [-0.05, 0) is 76.9 Å². The van der Waals surface area contributed by atoms with E-state index in [0.29, 0.717) is 0 Å². The molecule has 0 saturated carbocycles. The lowest BCUT2D eigenvalue weighted by Crippen LogP contribution is -2.09. The summed E-state index contributed by atoms with van der Waals surface area (Å²) in [6, 6.07) is 85.5. The molecule has 292 valence electrons. The quantitative estimate of drug-likeness (QED) is 0.146. The summed E-state index contributed by atoms with van der Waals surface area (Å²) in [6.45, 7) is 0. The fourth-order valence-electron chi connectivity index (χ4n) is 8.61. The summed E-state index contributed by atoms with van der Waals surface area (Å²) in [5, 5.41) is 2.29. The molecule has 2 aromatic heterocycles. The third-order valence-corrected chi connectivity index (χ3v) is 11.6. The standard InChI is InChI=1S/C58H40N4/c1-7-19-41(20-8-1)47-33-37-51-52-39-46(42-31-35-50(36-32-42)61(48-27-15-5-16-28-48)49-29-17-6-18-30-49)34-38-53(52)62(54(51)40-47)58-57(45-25-13-4-14-26-45)59-55(43-21-9-2-10-22-43)56(60-58)44-23-11-3-12-24-44/h1-40H. The van der Waals surface area contributed by atoms with E-state index in [-0.39, 0.29) is 0 Å². The van der Waals surface area contributed by atoms with Crippen LogP contribution in [0.1, 0.15) is 0 Å². The van der Waals surface area contributed by atoms with Crippen molar-refractivity contribution in [3.63, 3.8) is 0 Å². The van der Waals surface area contributed by atoms with E-state index in [2.05, 4.69) is 240 Å². The number of rotatable bonds is 9. The number of benzene rings is 9. The zero-order valence-corrected chi connectivity index (χ0v) is 33.9. The van der Waals surface area contributed by atoms with Gasteiger partial charge in [0.2, 0.25) is 0 Å². The molecule has 0 atom stereocenters. The van der Waals surface area contributed by atoms with Crippen molar-refractivity contribution in [3.05, 3.63) is 243 Å². The molecule has 0 aliphatic rings. The molecule has 0 aliphatic heterocycles. The third-order valence-electron chi connectivity index (χ3n) is 11.6. The van der Waals surface area contributed by atoms with Crippen LogP contribution in [0.25, 0.3) is 83.6 Å². The summed E-state index contributed by atoms with van der Waals surface area (Å²) in [5.74, 6) is 0.777. The Balaban J connectivity index is 1.13. The molecule has 0 aliphatic carbocycles. The molecule has 11 rings (SSSR count). The molecule has 11 aromatic rings. The van der Waals surface area contributed by atoms with E-state index in [0.717, 1.165) is 101 Å². The minimum absolute atomic E-state index is 0.777. The first kappa shape index (κ1) is 36.7. The molecule has 0 saturated heterocycles. The van der Waals surface area contributed by atoms with Crippen LogP contribution in [0.5, 0.6) is 0 Å². The minimum Gasteiger partial charge on any atom is -0.311 e. The highest BCUT2D eigenvalue weighted by Crippen LogP contribution is 2.42. The van der Waals surface area contributed by atoms with Gasteiger partial charge in [-0.25, -0.2) is 9.97 Å². The lowest BCUT2D eigenvalue weighted by Gasteiger charge is -2.25. The van der Waals surface area contributed by atoms with Crippen molar-refractivity contribution in [2.24, 2.45) is 0 Å². The Hall–Kier alpha value is -8.34. The van der Waals surface area contributed by atoms with E-state index < -0.39 is 0 Å². The van der Waals surface area contributed by atoms with Crippen molar-refractivity contribution in [1.82, 2.24) is 14.5 Å². The molecule has 0 amide bonds. The van der Waals surface area contributed by atoms with Gasteiger partial charge in [0.1, 0.15) is 5.69 Å². The van der Waals surface area contributed by atoms with E-state index in [1.165, 1.54) is 0 Å². The van der Waals surface area contributed by atoms with Gasteiger partial charge in [-0.3, -0.25) is 4.57 Å². The van der Waals surface area contributed by atoms with E-state index in [9.17, 15) is 0 Å². The molecule has 0 fully saturated rings. The Morgan fingerprint density at radius 3 is 1.23 bits per heavy atom. The predicted molar refractivity (Wildman–Crippen MR) is 258 cm³/mol. The lowest BCUT2D eigenvalue weighted by atomic mass is 10.0. The minimum atomic E-state index is 0.777. The molecule has 62 heavy (non-hydrogen) atoms. The normalized spacial score (nSPS) is 11.2. The first-order valence-corrected chi connectivity index (χ1v) is 21.0. The van der Waals surface area contributed by atoms with Gasteiger partial charge in [0, 0.05) is 44.5 Å². The van der Waals surface area contributed by atoms with Gasteiger partial charge in [-0.15, -0.1) is 0 Å². The van der Waals surface area contributed by atoms with E-state index in [1.807, 2.05) is 12.1 Å². The highest BCUT2D eigenvalue weighted by Gasteiger charge is 2.23. The summed E-state index contributed by atoms with van der Waals surface area (Å²) in [5.41, 5.74) is 15.5. The predicted octanol–water partition coefficient (Wildman–Crippen LogP) is 15.4. The molecule has 0 bridgehead atoms. The molecule has 4 nitrogen and oxygen atoms in total. The Kier molecular flexibility index (Phi) is 9.49. The van der Waals surface area contributed by atoms with Gasteiger partial charge < -0.3 is 4.90 Å². The average molecular weight is 793 g/mol. The summed E-state index contributed by atoms with van der Waals surface area (Å²) in [4.78, 5) is 13.6. The Morgan fingerprint density at radius 1 is 0.274 bits per heavy atom. The molecule has 2 heterocycles. The molecular weight excluding hydrogens is 753 g/mol. The zero-order valence-electron chi connectivity index (χ0n) is 33.9. The van der Waals surface area contributed by atoms with Gasteiger partial charge in [0.25, 0.3) is 0 Å². The van der Waals surface area contributed by atoms with Crippen molar-refractivity contribution in [2.75, 3.05) is 4.90 Å². The molecule has 0 N–H and O–H groups in total. The number of aromatic nitrogens is 3. The fourth-order valence-corrected chi connectivity index (χ4v) is 8.61. The maximum atomic E-state index is 5.69. The fraction of sp³-hybridized carbons (Fsp3) is 0. The van der Waals surface area contributed by atoms with Crippen molar-refractivity contribution in [3.8, 4) is 61.8 Å².